The molecule has 6 nitrogen and oxygen atoms in total. The molecule has 0 radical (unpaired) electrons. The third-order valence-electron chi connectivity index (χ3n) is 2.96. The first-order chi connectivity index (χ1) is 8.84. The quantitative estimate of drug-likeness (QED) is 0.617. The second-order valence-electron chi connectivity index (χ2n) is 5.19. The monoisotopic (exact) mass is 273 g/mol. The average Bonchev–Trinajstić information content (AvgIpc) is 2.33. The number of hydrogen-bond acceptors (Lipinski definition) is 3. The lowest BCUT2D eigenvalue weighted by atomic mass is 10.1. The largest absolute Gasteiger partial charge is 0.481 e. The van der Waals surface area contributed by atoms with Gasteiger partial charge in [0, 0.05) is 20.1 Å². The number of aliphatic carboxylic acids is 1. The molecule has 0 aromatic carbocycles. The first-order valence-electron chi connectivity index (χ1n) is 6.71. The number of urea groups is 1. The number of hydrogen-bond donors (Lipinski definition) is 2. The molecule has 0 aromatic rings. The van der Waals surface area contributed by atoms with Crippen LogP contribution in [0.4, 0.5) is 4.79 Å². The molecule has 2 amide bonds. The maximum atomic E-state index is 11.7. The van der Waals surface area contributed by atoms with Crippen LogP contribution in [0, 0.1) is 5.92 Å². The minimum Gasteiger partial charge on any atom is -0.481 e. The van der Waals surface area contributed by atoms with E-state index in [1.807, 2.05) is 14.1 Å². The number of amides is 2. The van der Waals surface area contributed by atoms with Crippen LogP contribution >= 0.6 is 0 Å². The molecule has 0 bridgehead atoms. The van der Waals surface area contributed by atoms with Crippen molar-refractivity contribution in [2.24, 2.45) is 5.92 Å². The molecule has 0 rings (SSSR count). The molecule has 1 atom stereocenters. The SMILES string of the molecule is CC(CCCNC(=O)N(C)CCCN(C)C)C(=O)O. The number of carboxylic acid groups (broad SMARTS) is 1. The predicted molar refractivity (Wildman–Crippen MR) is 75.2 cm³/mol. The fourth-order valence-electron chi connectivity index (χ4n) is 1.59. The van der Waals surface area contributed by atoms with E-state index in [0.717, 1.165) is 19.5 Å². The lowest BCUT2D eigenvalue weighted by Crippen LogP contribution is -2.39. The van der Waals surface area contributed by atoms with Gasteiger partial charge in [0.2, 0.25) is 0 Å². The smallest absolute Gasteiger partial charge is 0.317 e. The van der Waals surface area contributed by atoms with Crippen LogP contribution in [-0.4, -0.2) is 67.7 Å². The molecule has 0 spiro atoms. The van der Waals surface area contributed by atoms with Crippen molar-refractivity contribution in [3.05, 3.63) is 0 Å². The third kappa shape index (κ3) is 9.30. The Balaban J connectivity index is 3.65. The summed E-state index contributed by atoms with van der Waals surface area (Å²) in [4.78, 5) is 26.0. The van der Waals surface area contributed by atoms with E-state index in [0.29, 0.717) is 19.4 Å². The Hall–Kier alpha value is -1.30. The van der Waals surface area contributed by atoms with E-state index in [2.05, 4.69) is 10.2 Å². The molecular weight excluding hydrogens is 246 g/mol. The van der Waals surface area contributed by atoms with Gasteiger partial charge >= 0.3 is 12.0 Å². The maximum Gasteiger partial charge on any atom is 0.317 e. The molecule has 0 saturated carbocycles. The van der Waals surface area contributed by atoms with Gasteiger partial charge in [-0.1, -0.05) is 6.92 Å². The average molecular weight is 273 g/mol. The molecular formula is C13H27N3O3. The van der Waals surface area contributed by atoms with Crippen molar-refractivity contribution in [3.63, 3.8) is 0 Å². The number of carboxylic acids is 1. The molecule has 112 valence electrons. The zero-order chi connectivity index (χ0) is 14.8. The number of carbonyl (C=O) groups excluding carboxylic acids is 1. The molecule has 1 unspecified atom stereocenters. The Kier molecular flexibility index (Phi) is 8.95. The summed E-state index contributed by atoms with van der Waals surface area (Å²) in [5.74, 6) is -1.14. The van der Waals surface area contributed by atoms with Crippen molar-refractivity contribution in [1.29, 1.82) is 0 Å². The van der Waals surface area contributed by atoms with E-state index in [1.165, 1.54) is 0 Å². The number of rotatable bonds is 9. The van der Waals surface area contributed by atoms with Gasteiger partial charge < -0.3 is 20.2 Å². The summed E-state index contributed by atoms with van der Waals surface area (Å²) in [5.41, 5.74) is 0. The summed E-state index contributed by atoms with van der Waals surface area (Å²) in [5, 5.41) is 11.5. The Bertz CT molecular complexity index is 282. The van der Waals surface area contributed by atoms with Crippen LogP contribution in [0.5, 0.6) is 0 Å². The molecule has 2 N–H and O–H groups in total. The summed E-state index contributed by atoms with van der Waals surface area (Å²) >= 11 is 0. The molecule has 0 saturated heterocycles. The van der Waals surface area contributed by atoms with E-state index in [-0.39, 0.29) is 11.9 Å². The summed E-state index contributed by atoms with van der Waals surface area (Å²) in [6.45, 7) is 3.87. The minimum absolute atomic E-state index is 0.0956. The predicted octanol–water partition coefficient (Wildman–Crippen LogP) is 1.08. The highest BCUT2D eigenvalue weighted by atomic mass is 16.4. The molecule has 19 heavy (non-hydrogen) atoms. The Morgan fingerprint density at radius 3 is 2.32 bits per heavy atom. The standard InChI is InChI=1S/C13H27N3O3/c1-11(12(17)18)7-5-8-14-13(19)16(4)10-6-9-15(2)3/h11H,5-10H2,1-4H3,(H,14,19)(H,17,18). The molecule has 0 aromatic heterocycles. The van der Waals surface area contributed by atoms with Gasteiger partial charge in [0.1, 0.15) is 0 Å². The van der Waals surface area contributed by atoms with Crippen molar-refractivity contribution in [2.45, 2.75) is 26.2 Å². The zero-order valence-electron chi connectivity index (χ0n) is 12.5. The fourth-order valence-corrected chi connectivity index (χ4v) is 1.59. The van der Waals surface area contributed by atoms with Gasteiger partial charge in [0.05, 0.1) is 5.92 Å². The van der Waals surface area contributed by atoms with Gasteiger partial charge in [0.15, 0.2) is 0 Å². The Labute approximate surface area is 115 Å². The first-order valence-corrected chi connectivity index (χ1v) is 6.71. The van der Waals surface area contributed by atoms with Crippen LogP contribution in [0.2, 0.25) is 0 Å². The van der Waals surface area contributed by atoms with Crippen molar-refractivity contribution >= 4 is 12.0 Å². The molecule has 0 aliphatic carbocycles. The third-order valence-corrected chi connectivity index (χ3v) is 2.96. The molecule has 0 heterocycles. The minimum atomic E-state index is -0.785. The molecule has 0 aliphatic rings. The number of nitrogens with zero attached hydrogens (tertiary/aromatic N) is 2. The van der Waals surface area contributed by atoms with Crippen molar-refractivity contribution in [3.8, 4) is 0 Å². The van der Waals surface area contributed by atoms with Crippen LogP contribution in [-0.2, 0) is 4.79 Å². The highest BCUT2D eigenvalue weighted by Gasteiger charge is 2.11. The fraction of sp³-hybridized carbons (Fsp3) is 0.846. The number of carbonyl (C=O) groups is 2. The van der Waals surface area contributed by atoms with E-state index in [4.69, 9.17) is 5.11 Å². The van der Waals surface area contributed by atoms with Gasteiger partial charge in [-0.2, -0.15) is 0 Å². The van der Waals surface area contributed by atoms with Gasteiger partial charge in [-0.25, -0.2) is 4.79 Å². The second kappa shape index (κ2) is 9.61. The normalized spacial score (nSPS) is 12.3. The summed E-state index contributed by atoms with van der Waals surface area (Å²) in [6, 6.07) is -0.0956. The molecule has 0 fully saturated rings. The van der Waals surface area contributed by atoms with E-state index >= 15 is 0 Å². The maximum absolute atomic E-state index is 11.7. The van der Waals surface area contributed by atoms with Crippen LogP contribution in [0.1, 0.15) is 26.2 Å². The van der Waals surface area contributed by atoms with Gasteiger partial charge in [-0.3, -0.25) is 4.79 Å². The number of nitrogens with one attached hydrogen (secondary N) is 1. The first kappa shape index (κ1) is 17.7. The van der Waals surface area contributed by atoms with E-state index in [9.17, 15) is 9.59 Å². The topological polar surface area (TPSA) is 72.9 Å². The van der Waals surface area contributed by atoms with Crippen molar-refractivity contribution < 1.29 is 14.7 Å². The van der Waals surface area contributed by atoms with Gasteiger partial charge in [0.25, 0.3) is 0 Å². The summed E-state index contributed by atoms with van der Waals surface area (Å²) < 4.78 is 0. The highest BCUT2D eigenvalue weighted by molar-refractivity contribution is 5.73. The highest BCUT2D eigenvalue weighted by Crippen LogP contribution is 2.04. The lowest BCUT2D eigenvalue weighted by Gasteiger charge is -2.19. The van der Waals surface area contributed by atoms with E-state index < -0.39 is 5.97 Å². The second-order valence-corrected chi connectivity index (χ2v) is 5.19. The van der Waals surface area contributed by atoms with Gasteiger partial charge in [-0.15, -0.1) is 0 Å². The molecule has 6 heteroatoms. The Morgan fingerprint density at radius 2 is 1.79 bits per heavy atom. The van der Waals surface area contributed by atoms with Crippen LogP contribution < -0.4 is 5.32 Å². The van der Waals surface area contributed by atoms with Crippen LogP contribution in [0.25, 0.3) is 0 Å². The van der Waals surface area contributed by atoms with Crippen LogP contribution in [0.3, 0.4) is 0 Å². The zero-order valence-corrected chi connectivity index (χ0v) is 12.5. The van der Waals surface area contributed by atoms with Crippen molar-refractivity contribution in [2.75, 3.05) is 40.8 Å². The van der Waals surface area contributed by atoms with Crippen molar-refractivity contribution in [1.82, 2.24) is 15.1 Å². The Morgan fingerprint density at radius 1 is 1.16 bits per heavy atom. The van der Waals surface area contributed by atoms with Gasteiger partial charge in [-0.05, 0) is 39.9 Å². The van der Waals surface area contributed by atoms with Crippen LogP contribution in [0.15, 0.2) is 0 Å². The summed E-state index contributed by atoms with van der Waals surface area (Å²) in [6.07, 6.45) is 2.21. The lowest BCUT2D eigenvalue weighted by molar-refractivity contribution is -0.141. The molecule has 0 aliphatic heterocycles. The van der Waals surface area contributed by atoms with E-state index in [1.54, 1.807) is 18.9 Å². The summed E-state index contributed by atoms with van der Waals surface area (Å²) in [7, 11) is 5.78.